The van der Waals surface area contributed by atoms with Gasteiger partial charge >= 0.3 is 6.03 Å². The van der Waals surface area contributed by atoms with Crippen molar-refractivity contribution in [1.29, 1.82) is 0 Å². The summed E-state index contributed by atoms with van der Waals surface area (Å²) in [5.41, 5.74) is 1.65. The topological polar surface area (TPSA) is 79.5 Å². The van der Waals surface area contributed by atoms with E-state index in [1.165, 1.54) is 12.8 Å². The molecule has 0 bridgehead atoms. The van der Waals surface area contributed by atoms with E-state index in [4.69, 9.17) is 4.74 Å². The molecule has 0 atom stereocenters. The Morgan fingerprint density at radius 1 is 1.24 bits per heavy atom. The maximum atomic E-state index is 12.0. The van der Waals surface area contributed by atoms with Crippen LogP contribution in [0.3, 0.4) is 0 Å². The Morgan fingerprint density at radius 3 is 2.60 bits per heavy atom. The summed E-state index contributed by atoms with van der Waals surface area (Å²) >= 11 is 0. The molecule has 1 aromatic carbocycles. The van der Waals surface area contributed by atoms with Gasteiger partial charge in [-0.1, -0.05) is 12.8 Å². The second-order valence-corrected chi connectivity index (χ2v) is 6.82. The van der Waals surface area contributed by atoms with Crippen LogP contribution in [0, 0.1) is 6.92 Å². The highest BCUT2D eigenvalue weighted by Gasteiger charge is 2.16. The molecule has 3 N–H and O–H groups in total. The molecule has 6 heteroatoms. The Labute approximate surface area is 149 Å². The van der Waals surface area contributed by atoms with E-state index in [2.05, 4.69) is 16.0 Å². The summed E-state index contributed by atoms with van der Waals surface area (Å²) in [6.07, 6.45) is 4.91. The highest BCUT2D eigenvalue weighted by atomic mass is 16.5. The normalized spacial score (nSPS) is 14.4. The van der Waals surface area contributed by atoms with Crippen molar-refractivity contribution in [3.8, 4) is 5.75 Å². The van der Waals surface area contributed by atoms with Gasteiger partial charge in [-0.05, 0) is 57.4 Å². The van der Waals surface area contributed by atoms with Crippen LogP contribution in [0.25, 0.3) is 0 Å². The number of anilines is 1. The molecule has 1 aliphatic rings. The second kappa shape index (κ2) is 9.30. The minimum atomic E-state index is -0.311. The molecule has 0 radical (unpaired) electrons. The predicted octanol–water partition coefficient (Wildman–Crippen LogP) is 3.35. The standard InChI is InChI=1S/C19H29N3O3/c1-13(2)25-16-8-9-17(14(3)12-16)22-19(24)20-11-10-18(23)21-15-6-4-5-7-15/h8-9,12-13,15H,4-7,10-11H2,1-3H3,(H,21,23)(H2,20,22,24). The van der Waals surface area contributed by atoms with Gasteiger partial charge in [-0.25, -0.2) is 4.79 Å². The summed E-state index contributed by atoms with van der Waals surface area (Å²) in [6.45, 7) is 6.17. The zero-order chi connectivity index (χ0) is 18.2. The van der Waals surface area contributed by atoms with Crippen molar-refractivity contribution in [3.05, 3.63) is 23.8 Å². The lowest BCUT2D eigenvalue weighted by molar-refractivity contribution is -0.121. The van der Waals surface area contributed by atoms with E-state index in [1.807, 2.05) is 39.0 Å². The van der Waals surface area contributed by atoms with E-state index in [9.17, 15) is 9.59 Å². The minimum Gasteiger partial charge on any atom is -0.491 e. The SMILES string of the molecule is Cc1cc(OC(C)C)ccc1NC(=O)NCCC(=O)NC1CCCC1. The lowest BCUT2D eigenvalue weighted by atomic mass is 10.2. The van der Waals surface area contributed by atoms with Gasteiger partial charge in [0, 0.05) is 24.7 Å². The number of urea groups is 1. The summed E-state index contributed by atoms with van der Waals surface area (Å²) in [7, 11) is 0. The molecule has 2 rings (SSSR count). The molecule has 138 valence electrons. The van der Waals surface area contributed by atoms with Gasteiger partial charge in [0.05, 0.1) is 6.10 Å². The second-order valence-electron chi connectivity index (χ2n) is 6.82. The van der Waals surface area contributed by atoms with Gasteiger partial charge in [-0.3, -0.25) is 4.79 Å². The first kappa shape index (κ1) is 19.1. The fourth-order valence-electron chi connectivity index (χ4n) is 2.95. The van der Waals surface area contributed by atoms with E-state index in [0.717, 1.165) is 29.8 Å². The zero-order valence-electron chi connectivity index (χ0n) is 15.4. The monoisotopic (exact) mass is 347 g/mol. The Balaban J connectivity index is 1.71. The van der Waals surface area contributed by atoms with Crippen molar-refractivity contribution in [2.75, 3.05) is 11.9 Å². The Bertz CT molecular complexity index is 596. The Kier molecular flexibility index (Phi) is 7.10. The highest BCUT2D eigenvalue weighted by Crippen LogP contribution is 2.22. The molecule has 0 heterocycles. The third-order valence-electron chi connectivity index (χ3n) is 4.18. The summed E-state index contributed by atoms with van der Waals surface area (Å²) in [6, 6.07) is 5.55. The number of rotatable bonds is 7. The number of nitrogens with one attached hydrogen (secondary N) is 3. The van der Waals surface area contributed by atoms with Crippen LogP contribution in [0.2, 0.25) is 0 Å². The van der Waals surface area contributed by atoms with Crippen LogP contribution in [0.4, 0.5) is 10.5 Å². The van der Waals surface area contributed by atoms with Crippen molar-refractivity contribution in [1.82, 2.24) is 10.6 Å². The van der Waals surface area contributed by atoms with Crippen molar-refractivity contribution in [3.63, 3.8) is 0 Å². The molecule has 6 nitrogen and oxygen atoms in total. The fourth-order valence-corrected chi connectivity index (χ4v) is 2.95. The molecule has 1 saturated carbocycles. The van der Waals surface area contributed by atoms with Crippen LogP contribution in [0.15, 0.2) is 18.2 Å². The third kappa shape index (κ3) is 6.64. The third-order valence-corrected chi connectivity index (χ3v) is 4.18. The van der Waals surface area contributed by atoms with E-state index < -0.39 is 0 Å². The van der Waals surface area contributed by atoms with Gasteiger partial charge in [0.1, 0.15) is 5.75 Å². The molecule has 3 amide bonds. The molecule has 25 heavy (non-hydrogen) atoms. The van der Waals surface area contributed by atoms with Gasteiger partial charge in [-0.2, -0.15) is 0 Å². The quantitative estimate of drug-likeness (QED) is 0.708. The molecule has 0 unspecified atom stereocenters. The molecule has 0 aromatic heterocycles. The summed E-state index contributed by atoms with van der Waals surface area (Å²) in [5.74, 6) is 0.778. The average molecular weight is 347 g/mol. The van der Waals surface area contributed by atoms with E-state index in [1.54, 1.807) is 0 Å². The Morgan fingerprint density at radius 2 is 1.96 bits per heavy atom. The molecule has 1 aliphatic carbocycles. The van der Waals surface area contributed by atoms with Crippen LogP contribution >= 0.6 is 0 Å². The molecular weight excluding hydrogens is 318 g/mol. The van der Waals surface area contributed by atoms with Crippen LogP contribution in [-0.4, -0.2) is 30.6 Å². The van der Waals surface area contributed by atoms with Crippen LogP contribution in [0.5, 0.6) is 5.75 Å². The van der Waals surface area contributed by atoms with E-state index in [-0.39, 0.29) is 18.0 Å². The molecule has 0 aliphatic heterocycles. The molecule has 0 spiro atoms. The number of carbonyl (C=O) groups is 2. The minimum absolute atomic E-state index is 0.00133. The predicted molar refractivity (Wildman–Crippen MR) is 99.0 cm³/mol. The number of hydrogen-bond acceptors (Lipinski definition) is 3. The summed E-state index contributed by atoms with van der Waals surface area (Å²) in [4.78, 5) is 23.8. The summed E-state index contributed by atoms with van der Waals surface area (Å²) in [5, 5.41) is 8.53. The zero-order valence-corrected chi connectivity index (χ0v) is 15.4. The van der Waals surface area contributed by atoms with Crippen molar-refractivity contribution >= 4 is 17.6 Å². The first-order chi connectivity index (χ1) is 11.9. The number of amides is 3. The maximum absolute atomic E-state index is 12.0. The van der Waals surface area contributed by atoms with E-state index >= 15 is 0 Å². The number of carbonyl (C=O) groups excluding carboxylic acids is 2. The van der Waals surface area contributed by atoms with Crippen molar-refractivity contribution in [2.45, 2.75) is 65.0 Å². The van der Waals surface area contributed by atoms with Crippen molar-refractivity contribution < 1.29 is 14.3 Å². The van der Waals surface area contributed by atoms with Crippen molar-refractivity contribution in [2.24, 2.45) is 0 Å². The number of hydrogen-bond donors (Lipinski definition) is 3. The van der Waals surface area contributed by atoms with Crippen LogP contribution in [-0.2, 0) is 4.79 Å². The molecule has 1 fully saturated rings. The lowest BCUT2D eigenvalue weighted by Crippen LogP contribution is -2.36. The number of benzene rings is 1. The Hall–Kier alpha value is -2.24. The maximum Gasteiger partial charge on any atom is 0.319 e. The lowest BCUT2D eigenvalue weighted by Gasteiger charge is -2.14. The highest BCUT2D eigenvalue weighted by molar-refractivity contribution is 5.90. The fraction of sp³-hybridized carbons (Fsp3) is 0.579. The van der Waals surface area contributed by atoms with Gasteiger partial charge in [-0.15, -0.1) is 0 Å². The van der Waals surface area contributed by atoms with Gasteiger partial charge in [0.15, 0.2) is 0 Å². The largest absolute Gasteiger partial charge is 0.491 e. The average Bonchev–Trinajstić information content (AvgIpc) is 3.02. The molecular formula is C19H29N3O3. The van der Waals surface area contributed by atoms with E-state index in [0.29, 0.717) is 19.0 Å². The van der Waals surface area contributed by atoms with Crippen LogP contribution in [0.1, 0.15) is 51.5 Å². The van der Waals surface area contributed by atoms with Gasteiger partial charge in [0.25, 0.3) is 0 Å². The first-order valence-corrected chi connectivity index (χ1v) is 9.05. The first-order valence-electron chi connectivity index (χ1n) is 9.05. The molecule has 0 saturated heterocycles. The number of aryl methyl sites for hydroxylation is 1. The smallest absolute Gasteiger partial charge is 0.319 e. The van der Waals surface area contributed by atoms with Gasteiger partial charge in [0.2, 0.25) is 5.91 Å². The number of ether oxygens (including phenoxy) is 1. The molecule has 1 aromatic rings. The van der Waals surface area contributed by atoms with Crippen LogP contribution < -0.4 is 20.7 Å². The summed E-state index contributed by atoms with van der Waals surface area (Å²) < 4.78 is 5.63. The van der Waals surface area contributed by atoms with Gasteiger partial charge < -0.3 is 20.7 Å².